The number of carbonyl (C=O) groups excluding carboxylic acids is 1. The van der Waals surface area contributed by atoms with Gasteiger partial charge in [0.05, 0.1) is 10.2 Å². The Morgan fingerprint density at radius 3 is 2.71 bits per heavy atom. The lowest BCUT2D eigenvalue weighted by Crippen LogP contribution is -2.17. The van der Waals surface area contributed by atoms with Crippen LogP contribution in [0, 0.1) is 5.82 Å². The summed E-state index contributed by atoms with van der Waals surface area (Å²) in [6, 6.07) is 16.6. The molecule has 0 unspecified atom stereocenters. The molecular weight excluding hydrogens is 371 g/mol. The van der Waals surface area contributed by atoms with Crippen LogP contribution >= 0.6 is 11.3 Å². The van der Waals surface area contributed by atoms with Crippen LogP contribution in [0.25, 0.3) is 10.2 Å². The van der Waals surface area contributed by atoms with E-state index in [9.17, 15) is 9.18 Å². The average Bonchev–Trinajstić information content (AvgIpc) is 3.40. The number of thiophene rings is 1. The Kier molecular flexibility index (Phi) is 4.24. The lowest BCUT2D eigenvalue weighted by molar-refractivity contribution is 0.101. The minimum atomic E-state index is -0.258. The van der Waals surface area contributed by atoms with Crippen LogP contribution < -0.4 is 5.32 Å². The standard InChI is InChI=1S/C23H19FN2OS/c24-18-7-4-15(5-8-18)14-26-20-10-11-28-22(20)13-21(26)23(27)25-19-9-6-16-2-1-3-17(16)12-19/h4-13H,1-3,14H2,(H,25,27). The van der Waals surface area contributed by atoms with Crippen molar-refractivity contribution in [2.24, 2.45) is 0 Å². The van der Waals surface area contributed by atoms with Crippen molar-refractivity contribution < 1.29 is 9.18 Å². The number of fused-ring (bicyclic) bond motifs is 2. The first kappa shape index (κ1) is 17.2. The van der Waals surface area contributed by atoms with Crippen molar-refractivity contribution in [3.8, 4) is 0 Å². The molecule has 2 aromatic carbocycles. The number of anilines is 1. The Bertz CT molecular complexity index is 1170. The van der Waals surface area contributed by atoms with Gasteiger partial charge >= 0.3 is 0 Å². The normalized spacial score (nSPS) is 13.0. The molecule has 1 aliphatic rings. The van der Waals surface area contributed by atoms with Crippen LogP contribution in [0.1, 0.15) is 33.6 Å². The number of benzene rings is 2. The van der Waals surface area contributed by atoms with Gasteiger partial charge in [-0.2, -0.15) is 0 Å². The molecule has 1 N–H and O–H groups in total. The Hall–Kier alpha value is -2.92. The molecule has 0 radical (unpaired) electrons. The summed E-state index contributed by atoms with van der Waals surface area (Å²) in [5.74, 6) is -0.380. The predicted octanol–water partition coefficient (Wildman–Crippen LogP) is 5.63. The maximum atomic E-state index is 13.2. The summed E-state index contributed by atoms with van der Waals surface area (Å²) in [5.41, 5.74) is 6.15. The Balaban J connectivity index is 1.47. The molecule has 28 heavy (non-hydrogen) atoms. The number of aryl methyl sites for hydroxylation is 2. The molecule has 5 rings (SSSR count). The number of aromatic nitrogens is 1. The predicted molar refractivity (Wildman–Crippen MR) is 112 cm³/mol. The number of nitrogens with one attached hydrogen (secondary N) is 1. The molecule has 2 heterocycles. The van der Waals surface area contributed by atoms with Gasteiger partial charge < -0.3 is 9.88 Å². The largest absolute Gasteiger partial charge is 0.331 e. The molecule has 0 aliphatic heterocycles. The minimum absolute atomic E-state index is 0.122. The second-order valence-electron chi connectivity index (χ2n) is 7.20. The third-order valence-electron chi connectivity index (χ3n) is 5.37. The van der Waals surface area contributed by atoms with Gasteiger partial charge in [0.2, 0.25) is 0 Å². The number of carbonyl (C=O) groups is 1. The Labute approximate surface area is 166 Å². The molecule has 5 heteroatoms. The monoisotopic (exact) mass is 390 g/mol. The van der Waals surface area contributed by atoms with Crippen LogP contribution in [0.4, 0.5) is 10.1 Å². The van der Waals surface area contributed by atoms with E-state index in [0.717, 1.165) is 34.3 Å². The molecule has 1 amide bonds. The topological polar surface area (TPSA) is 34.0 Å². The highest BCUT2D eigenvalue weighted by Crippen LogP contribution is 2.28. The van der Waals surface area contributed by atoms with Gasteiger partial charge in [0.1, 0.15) is 11.5 Å². The van der Waals surface area contributed by atoms with Gasteiger partial charge in [-0.15, -0.1) is 11.3 Å². The first-order valence-corrected chi connectivity index (χ1v) is 10.3. The van der Waals surface area contributed by atoms with Crippen LogP contribution in [-0.2, 0) is 19.4 Å². The fourth-order valence-electron chi connectivity index (χ4n) is 3.95. The molecule has 0 saturated carbocycles. The lowest BCUT2D eigenvalue weighted by atomic mass is 10.1. The van der Waals surface area contributed by atoms with Gasteiger partial charge in [-0.25, -0.2) is 4.39 Å². The van der Waals surface area contributed by atoms with Gasteiger partial charge in [-0.1, -0.05) is 18.2 Å². The number of hydrogen-bond donors (Lipinski definition) is 1. The quantitative estimate of drug-likeness (QED) is 0.481. The summed E-state index contributed by atoms with van der Waals surface area (Å²) in [5, 5.41) is 5.08. The smallest absolute Gasteiger partial charge is 0.272 e. The van der Waals surface area contributed by atoms with Crippen molar-refractivity contribution in [3.05, 3.63) is 88.2 Å². The summed E-state index contributed by atoms with van der Waals surface area (Å²) in [4.78, 5) is 13.1. The van der Waals surface area contributed by atoms with Gasteiger partial charge in [-0.3, -0.25) is 4.79 Å². The summed E-state index contributed by atoms with van der Waals surface area (Å²) in [7, 11) is 0. The van der Waals surface area contributed by atoms with Gasteiger partial charge in [-0.05, 0) is 77.7 Å². The number of amides is 1. The van der Waals surface area contributed by atoms with Crippen molar-refractivity contribution in [1.82, 2.24) is 4.57 Å². The molecule has 3 nitrogen and oxygen atoms in total. The van der Waals surface area contributed by atoms with E-state index in [4.69, 9.17) is 0 Å². The van der Waals surface area contributed by atoms with Gasteiger partial charge in [0, 0.05) is 12.2 Å². The summed E-state index contributed by atoms with van der Waals surface area (Å²) >= 11 is 1.61. The van der Waals surface area contributed by atoms with Gasteiger partial charge in [0.15, 0.2) is 0 Å². The number of nitrogens with zero attached hydrogens (tertiary/aromatic N) is 1. The van der Waals surface area contributed by atoms with Crippen LogP contribution in [0.2, 0.25) is 0 Å². The maximum Gasteiger partial charge on any atom is 0.272 e. The molecular formula is C23H19FN2OS. The number of hydrogen-bond acceptors (Lipinski definition) is 2. The highest BCUT2D eigenvalue weighted by Gasteiger charge is 2.18. The highest BCUT2D eigenvalue weighted by atomic mass is 32.1. The summed E-state index contributed by atoms with van der Waals surface area (Å²) < 4.78 is 16.3. The van der Waals surface area contributed by atoms with Crippen molar-refractivity contribution in [3.63, 3.8) is 0 Å². The lowest BCUT2D eigenvalue weighted by Gasteiger charge is -2.12. The Morgan fingerprint density at radius 1 is 1.04 bits per heavy atom. The minimum Gasteiger partial charge on any atom is -0.331 e. The van der Waals surface area contributed by atoms with Crippen molar-refractivity contribution >= 4 is 33.1 Å². The molecule has 0 bridgehead atoms. The summed E-state index contributed by atoms with van der Waals surface area (Å²) in [6.45, 7) is 0.521. The molecule has 0 saturated heterocycles. The fourth-order valence-corrected chi connectivity index (χ4v) is 4.77. The van der Waals surface area contributed by atoms with E-state index in [1.165, 1.54) is 29.7 Å². The summed E-state index contributed by atoms with van der Waals surface area (Å²) in [6.07, 6.45) is 3.39. The van der Waals surface area contributed by atoms with E-state index in [2.05, 4.69) is 17.4 Å². The van der Waals surface area contributed by atoms with Crippen LogP contribution in [0.3, 0.4) is 0 Å². The van der Waals surface area contributed by atoms with E-state index >= 15 is 0 Å². The zero-order chi connectivity index (χ0) is 19.1. The number of halogens is 1. The zero-order valence-corrected chi connectivity index (χ0v) is 16.1. The molecule has 0 atom stereocenters. The van der Waals surface area contributed by atoms with E-state index in [0.29, 0.717) is 12.2 Å². The zero-order valence-electron chi connectivity index (χ0n) is 15.2. The molecule has 140 valence electrons. The van der Waals surface area contributed by atoms with Crippen molar-refractivity contribution in [2.45, 2.75) is 25.8 Å². The molecule has 0 fully saturated rings. The SMILES string of the molecule is O=C(Nc1ccc2c(c1)CCC2)c1cc2sccc2n1Cc1ccc(F)cc1. The van der Waals surface area contributed by atoms with Crippen LogP contribution in [0.15, 0.2) is 60.0 Å². The molecule has 4 aromatic rings. The second-order valence-corrected chi connectivity index (χ2v) is 8.15. The van der Waals surface area contributed by atoms with Gasteiger partial charge in [0.25, 0.3) is 5.91 Å². The highest BCUT2D eigenvalue weighted by molar-refractivity contribution is 7.17. The first-order chi connectivity index (χ1) is 13.7. The second kappa shape index (κ2) is 6.91. The fraction of sp³-hybridized carbons (Fsp3) is 0.174. The maximum absolute atomic E-state index is 13.2. The van der Waals surface area contributed by atoms with E-state index < -0.39 is 0 Å². The first-order valence-electron chi connectivity index (χ1n) is 9.42. The third-order valence-corrected chi connectivity index (χ3v) is 6.22. The molecule has 1 aliphatic carbocycles. The van der Waals surface area contributed by atoms with Crippen LogP contribution in [-0.4, -0.2) is 10.5 Å². The molecule has 0 spiro atoms. The Morgan fingerprint density at radius 2 is 1.86 bits per heavy atom. The average molecular weight is 390 g/mol. The number of rotatable bonds is 4. The van der Waals surface area contributed by atoms with Crippen molar-refractivity contribution in [2.75, 3.05) is 5.32 Å². The van der Waals surface area contributed by atoms with Crippen molar-refractivity contribution in [1.29, 1.82) is 0 Å². The van der Waals surface area contributed by atoms with E-state index in [1.807, 2.05) is 28.1 Å². The van der Waals surface area contributed by atoms with E-state index in [1.54, 1.807) is 23.5 Å². The van der Waals surface area contributed by atoms with E-state index in [-0.39, 0.29) is 11.7 Å². The molecule has 2 aromatic heterocycles. The van der Waals surface area contributed by atoms with Crippen LogP contribution in [0.5, 0.6) is 0 Å². The third kappa shape index (κ3) is 3.12.